The van der Waals surface area contributed by atoms with Crippen LogP contribution in [0.1, 0.15) is 15.9 Å². The molecule has 0 radical (unpaired) electrons. The topological polar surface area (TPSA) is 46.5 Å². The van der Waals surface area contributed by atoms with Gasteiger partial charge in [0.1, 0.15) is 18.2 Å². The molecule has 1 N–H and O–H groups in total. The van der Waals surface area contributed by atoms with Gasteiger partial charge < -0.3 is 9.84 Å². The predicted molar refractivity (Wildman–Crippen MR) is 84.6 cm³/mol. The summed E-state index contributed by atoms with van der Waals surface area (Å²) in [4.78, 5) is 10.9. The van der Waals surface area contributed by atoms with Gasteiger partial charge in [-0.1, -0.05) is 15.9 Å². The van der Waals surface area contributed by atoms with E-state index in [1.54, 1.807) is 18.2 Å². The van der Waals surface area contributed by atoms with E-state index in [1.165, 1.54) is 18.2 Å². The number of rotatable bonds is 4. The molecule has 0 heterocycles. The molecule has 0 bridgehead atoms. The molecule has 0 amide bonds. The van der Waals surface area contributed by atoms with Crippen molar-refractivity contribution in [3.8, 4) is 5.75 Å². The summed E-state index contributed by atoms with van der Waals surface area (Å²) in [6.45, 7) is 0.0321. The molecule has 6 heteroatoms. The van der Waals surface area contributed by atoms with Crippen molar-refractivity contribution in [2.75, 3.05) is 0 Å². The highest BCUT2D eigenvalue weighted by Gasteiger charge is 2.09. The molecule has 20 heavy (non-hydrogen) atoms. The third kappa shape index (κ3) is 3.69. The Hall–Kier alpha value is -1.15. The van der Waals surface area contributed by atoms with Gasteiger partial charge in [0.15, 0.2) is 0 Å². The Labute approximate surface area is 137 Å². The highest BCUT2D eigenvalue weighted by molar-refractivity contribution is 14.1. The van der Waals surface area contributed by atoms with Gasteiger partial charge in [-0.3, -0.25) is 0 Å². The van der Waals surface area contributed by atoms with E-state index in [-0.39, 0.29) is 18.0 Å². The molecule has 2 aromatic carbocycles. The number of halogens is 3. The third-order valence-electron chi connectivity index (χ3n) is 2.57. The Bertz CT molecular complexity index is 661. The molecule has 0 aliphatic heterocycles. The minimum atomic E-state index is -1.03. The largest absolute Gasteiger partial charge is 0.488 e. The zero-order valence-electron chi connectivity index (χ0n) is 10.1. The zero-order chi connectivity index (χ0) is 14.7. The van der Waals surface area contributed by atoms with Crippen molar-refractivity contribution in [2.45, 2.75) is 6.61 Å². The standard InChI is InChI=1S/C14H9BrFIO3/c15-10-2-3-11(16)9(5-10)7-20-13-6-8(14(18)19)1-4-12(13)17/h1-6H,7H2,(H,18,19). The van der Waals surface area contributed by atoms with Gasteiger partial charge in [0, 0.05) is 10.0 Å². The number of hydrogen-bond donors (Lipinski definition) is 1. The molecule has 0 aliphatic rings. The lowest BCUT2D eigenvalue weighted by Crippen LogP contribution is -2.02. The smallest absolute Gasteiger partial charge is 0.335 e. The molecule has 3 nitrogen and oxygen atoms in total. The number of carboxylic acids is 1. The van der Waals surface area contributed by atoms with E-state index in [4.69, 9.17) is 9.84 Å². The molecule has 0 aromatic heterocycles. The quantitative estimate of drug-likeness (QED) is 0.699. The van der Waals surface area contributed by atoms with Crippen LogP contribution in [0.2, 0.25) is 0 Å². The average molecular weight is 451 g/mol. The highest BCUT2D eigenvalue weighted by atomic mass is 127. The van der Waals surface area contributed by atoms with E-state index < -0.39 is 5.97 Å². The van der Waals surface area contributed by atoms with E-state index in [0.29, 0.717) is 11.3 Å². The van der Waals surface area contributed by atoms with Crippen LogP contribution < -0.4 is 4.74 Å². The van der Waals surface area contributed by atoms with Crippen LogP contribution in [0.3, 0.4) is 0 Å². The second-order valence-electron chi connectivity index (χ2n) is 3.97. The molecule has 0 fully saturated rings. The molecule has 0 atom stereocenters. The predicted octanol–water partition coefficient (Wildman–Crippen LogP) is 4.47. The Balaban J connectivity index is 2.20. The molecule has 2 rings (SSSR count). The van der Waals surface area contributed by atoms with Crippen molar-refractivity contribution in [3.63, 3.8) is 0 Å². The molecule has 104 valence electrons. The van der Waals surface area contributed by atoms with Crippen LogP contribution in [0.4, 0.5) is 4.39 Å². The van der Waals surface area contributed by atoms with Crippen molar-refractivity contribution >= 4 is 44.5 Å². The van der Waals surface area contributed by atoms with Crippen LogP contribution in [0.25, 0.3) is 0 Å². The summed E-state index contributed by atoms with van der Waals surface area (Å²) in [6, 6.07) is 9.16. The Kier molecular flexibility index (Phi) is 4.98. The second kappa shape index (κ2) is 6.53. The SMILES string of the molecule is O=C(O)c1ccc(I)c(OCc2cc(Br)ccc2F)c1. The van der Waals surface area contributed by atoms with E-state index in [0.717, 1.165) is 8.04 Å². The number of ether oxygens (including phenoxy) is 1. The summed E-state index contributed by atoms with van der Waals surface area (Å²) in [5, 5.41) is 8.94. The molecular formula is C14H9BrFIO3. The van der Waals surface area contributed by atoms with Gasteiger partial charge in [-0.15, -0.1) is 0 Å². The maximum atomic E-state index is 13.6. The summed E-state index contributed by atoms with van der Waals surface area (Å²) < 4.78 is 20.6. The zero-order valence-corrected chi connectivity index (χ0v) is 13.8. The van der Waals surface area contributed by atoms with Gasteiger partial charge in [-0.05, 0) is 59.0 Å². The molecule has 0 aliphatic carbocycles. The monoisotopic (exact) mass is 450 g/mol. The number of benzene rings is 2. The normalized spacial score (nSPS) is 10.3. The minimum Gasteiger partial charge on any atom is -0.488 e. The molecule has 0 spiro atoms. The maximum Gasteiger partial charge on any atom is 0.335 e. The van der Waals surface area contributed by atoms with Gasteiger partial charge >= 0.3 is 5.97 Å². The van der Waals surface area contributed by atoms with E-state index >= 15 is 0 Å². The van der Waals surface area contributed by atoms with Crippen molar-refractivity contribution in [1.29, 1.82) is 0 Å². The average Bonchev–Trinajstić information content (AvgIpc) is 2.41. The van der Waals surface area contributed by atoms with Crippen molar-refractivity contribution in [2.24, 2.45) is 0 Å². The third-order valence-corrected chi connectivity index (χ3v) is 3.95. The molecule has 0 saturated heterocycles. The Morgan fingerprint density at radius 1 is 1.30 bits per heavy atom. The van der Waals surface area contributed by atoms with Gasteiger partial charge in [0.2, 0.25) is 0 Å². The fourth-order valence-electron chi connectivity index (χ4n) is 1.56. The van der Waals surface area contributed by atoms with Gasteiger partial charge in [0.05, 0.1) is 9.13 Å². The van der Waals surface area contributed by atoms with Crippen molar-refractivity contribution < 1.29 is 19.0 Å². The fraction of sp³-hybridized carbons (Fsp3) is 0.0714. The molecular weight excluding hydrogens is 442 g/mol. The first-order valence-corrected chi connectivity index (χ1v) is 7.44. The van der Waals surface area contributed by atoms with Crippen LogP contribution in [0.15, 0.2) is 40.9 Å². The molecule has 0 unspecified atom stereocenters. The second-order valence-corrected chi connectivity index (χ2v) is 6.05. The van der Waals surface area contributed by atoms with E-state index in [1.807, 2.05) is 22.6 Å². The summed E-state index contributed by atoms with van der Waals surface area (Å²) in [7, 11) is 0. The Morgan fingerprint density at radius 2 is 2.05 bits per heavy atom. The minimum absolute atomic E-state index is 0.0321. The Morgan fingerprint density at radius 3 is 2.75 bits per heavy atom. The van der Waals surface area contributed by atoms with Gasteiger partial charge in [-0.2, -0.15) is 0 Å². The fourth-order valence-corrected chi connectivity index (χ4v) is 2.46. The van der Waals surface area contributed by atoms with Crippen molar-refractivity contribution in [3.05, 3.63) is 61.4 Å². The maximum absolute atomic E-state index is 13.6. The number of carboxylic acid groups (broad SMARTS) is 1. The van der Waals surface area contributed by atoms with Crippen LogP contribution in [0, 0.1) is 9.39 Å². The number of hydrogen-bond acceptors (Lipinski definition) is 2. The first kappa shape index (κ1) is 15.2. The van der Waals surface area contributed by atoms with Gasteiger partial charge in [0.25, 0.3) is 0 Å². The van der Waals surface area contributed by atoms with Crippen LogP contribution in [0.5, 0.6) is 5.75 Å². The summed E-state index contributed by atoms with van der Waals surface area (Å²) in [6.07, 6.45) is 0. The number of aromatic carboxylic acids is 1. The summed E-state index contributed by atoms with van der Waals surface area (Å²) >= 11 is 5.30. The highest BCUT2D eigenvalue weighted by Crippen LogP contribution is 2.24. The van der Waals surface area contributed by atoms with Crippen LogP contribution in [-0.4, -0.2) is 11.1 Å². The lowest BCUT2D eigenvalue weighted by Gasteiger charge is -2.10. The first-order valence-electron chi connectivity index (χ1n) is 5.57. The van der Waals surface area contributed by atoms with Crippen LogP contribution in [-0.2, 0) is 6.61 Å². The first-order chi connectivity index (χ1) is 9.47. The number of carbonyl (C=O) groups is 1. The lowest BCUT2D eigenvalue weighted by atomic mass is 10.2. The molecule has 2 aromatic rings. The van der Waals surface area contributed by atoms with Crippen molar-refractivity contribution in [1.82, 2.24) is 0 Å². The van der Waals surface area contributed by atoms with Crippen LogP contribution >= 0.6 is 38.5 Å². The lowest BCUT2D eigenvalue weighted by molar-refractivity contribution is 0.0696. The van der Waals surface area contributed by atoms with E-state index in [2.05, 4.69) is 15.9 Å². The summed E-state index contributed by atoms with van der Waals surface area (Å²) in [5.41, 5.74) is 0.533. The van der Waals surface area contributed by atoms with E-state index in [9.17, 15) is 9.18 Å². The summed E-state index contributed by atoms with van der Waals surface area (Å²) in [5.74, 6) is -0.970. The van der Waals surface area contributed by atoms with Gasteiger partial charge in [-0.25, -0.2) is 9.18 Å². The molecule has 0 saturated carbocycles.